The van der Waals surface area contributed by atoms with Gasteiger partial charge in [0.05, 0.1) is 13.2 Å². The molecule has 0 aromatic heterocycles. The highest BCUT2D eigenvalue weighted by atomic mass is 16.7. The topological polar surface area (TPSA) is 54.0 Å². The highest BCUT2D eigenvalue weighted by Crippen LogP contribution is 2.31. The summed E-state index contributed by atoms with van der Waals surface area (Å²) < 4.78 is 22.1. The molecule has 2 aliphatic rings. The first-order valence-corrected chi connectivity index (χ1v) is 5.58. The van der Waals surface area contributed by atoms with Crippen molar-refractivity contribution in [2.75, 3.05) is 13.2 Å². The van der Waals surface area contributed by atoms with Crippen LogP contribution in [0.4, 0.5) is 0 Å². The fraction of sp³-hybridized carbons (Fsp3) is 0.909. The summed E-state index contributed by atoms with van der Waals surface area (Å²) in [6.45, 7) is 6.17. The van der Waals surface area contributed by atoms with Gasteiger partial charge in [0, 0.05) is 13.3 Å². The number of fused-ring (bicyclic) bond motifs is 1. The zero-order chi connectivity index (χ0) is 11.8. The number of hydrogen-bond donors (Lipinski definition) is 0. The minimum absolute atomic E-state index is 0.133. The lowest BCUT2D eigenvalue weighted by atomic mass is 10.0. The van der Waals surface area contributed by atoms with Crippen molar-refractivity contribution in [3.63, 3.8) is 0 Å². The van der Waals surface area contributed by atoms with Crippen LogP contribution in [0.3, 0.4) is 0 Å². The molecule has 5 nitrogen and oxygen atoms in total. The predicted octanol–water partition coefficient (Wildman–Crippen LogP) is 0.858. The van der Waals surface area contributed by atoms with Crippen molar-refractivity contribution in [1.29, 1.82) is 0 Å². The molecule has 0 aromatic rings. The molecular formula is C11H18O5. The van der Waals surface area contributed by atoms with Gasteiger partial charge in [0.15, 0.2) is 5.79 Å². The van der Waals surface area contributed by atoms with Crippen molar-refractivity contribution < 1.29 is 23.7 Å². The molecule has 2 aliphatic heterocycles. The zero-order valence-corrected chi connectivity index (χ0v) is 9.89. The Morgan fingerprint density at radius 3 is 2.88 bits per heavy atom. The normalized spacial score (nSPS) is 37.6. The zero-order valence-electron chi connectivity index (χ0n) is 9.89. The maximum atomic E-state index is 11.0. The molecule has 5 heteroatoms. The molecule has 0 aliphatic carbocycles. The van der Waals surface area contributed by atoms with Crippen LogP contribution < -0.4 is 0 Å². The average Bonchev–Trinajstić information content (AvgIpc) is 2.17. The lowest BCUT2D eigenvalue weighted by Gasteiger charge is -2.45. The first-order chi connectivity index (χ1) is 7.48. The Morgan fingerprint density at radius 1 is 1.44 bits per heavy atom. The Morgan fingerprint density at radius 2 is 2.19 bits per heavy atom. The third-order valence-electron chi connectivity index (χ3n) is 2.80. The van der Waals surface area contributed by atoms with E-state index in [2.05, 4.69) is 0 Å². The van der Waals surface area contributed by atoms with E-state index in [0.717, 1.165) is 0 Å². The summed E-state index contributed by atoms with van der Waals surface area (Å²) in [4.78, 5) is 11.0. The fourth-order valence-electron chi connectivity index (χ4n) is 2.11. The van der Waals surface area contributed by atoms with Crippen LogP contribution in [-0.2, 0) is 23.7 Å². The summed E-state index contributed by atoms with van der Waals surface area (Å²) in [6.07, 6.45) is 0.101. The SMILES string of the molecule is CC(=O)O[C@@H]1CCO[C@@H]2COC(C)(C)O[C@H]21. The monoisotopic (exact) mass is 230 g/mol. The number of carbonyl (C=O) groups excluding carboxylic acids is 1. The summed E-state index contributed by atoms with van der Waals surface area (Å²) in [7, 11) is 0. The van der Waals surface area contributed by atoms with E-state index in [9.17, 15) is 4.79 Å². The van der Waals surface area contributed by atoms with Gasteiger partial charge in [-0.1, -0.05) is 0 Å². The summed E-state index contributed by atoms with van der Waals surface area (Å²) >= 11 is 0. The second-order valence-electron chi connectivity index (χ2n) is 4.64. The Hall–Kier alpha value is -0.650. The van der Waals surface area contributed by atoms with Crippen molar-refractivity contribution in [3.8, 4) is 0 Å². The minimum atomic E-state index is -0.639. The summed E-state index contributed by atoms with van der Waals surface area (Å²) in [5.74, 6) is -0.918. The molecule has 0 N–H and O–H groups in total. The molecule has 92 valence electrons. The predicted molar refractivity (Wildman–Crippen MR) is 54.8 cm³/mol. The van der Waals surface area contributed by atoms with Gasteiger partial charge in [-0.3, -0.25) is 4.79 Å². The van der Waals surface area contributed by atoms with Crippen LogP contribution in [0.1, 0.15) is 27.2 Å². The van der Waals surface area contributed by atoms with Crippen LogP contribution in [0.25, 0.3) is 0 Å². The van der Waals surface area contributed by atoms with E-state index >= 15 is 0 Å². The van der Waals surface area contributed by atoms with Gasteiger partial charge < -0.3 is 18.9 Å². The van der Waals surface area contributed by atoms with Crippen molar-refractivity contribution in [3.05, 3.63) is 0 Å². The van der Waals surface area contributed by atoms with Gasteiger partial charge >= 0.3 is 5.97 Å². The standard InChI is InChI=1S/C11H18O5/c1-7(12)15-8-4-5-13-9-6-14-11(2,3)16-10(8)9/h8-10H,4-6H2,1-3H3/t8-,9-,10+/m1/s1. The van der Waals surface area contributed by atoms with Crippen LogP contribution >= 0.6 is 0 Å². The molecule has 2 rings (SSSR count). The third kappa shape index (κ3) is 2.53. The number of ether oxygens (including phenoxy) is 4. The molecule has 2 fully saturated rings. The van der Waals surface area contributed by atoms with E-state index in [0.29, 0.717) is 19.6 Å². The van der Waals surface area contributed by atoms with Gasteiger partial charge in [0.25, 0.3) is 0 Å². The molecular weight excluding hydrogens is 212 g/mol. The largest absolute Gasteiger partial charge is 0.460 e. The number of esters is 1. The van der Waals surface area contributed by atoms with Gasteiger partial charge in [-0.05, 0) is 13.8 Å². The third-order valence-corrected chi connectivity index (χ3v) is 2.80. The second kappa shape index (κ2) is 4.31. The van der Waals surface area contributed by atoms with Gasteiger partial charge in [-0.25, -0.2) is 0 Å². The van der Waals surface area contributed by atoms with Crippen LogP contribution in [-0.4, -0.2) is 43.3 Å². The molecule has 3 atom stereocenters. The number of rotatable bonds is 1. The molecule has 0 radical (unpaired) electrons. The first-order valence-electron chi connectivity index (χ1n) is 5.58. The van der Waals surface area contributed by atoms with Gasteiger partial charge in [0.1, 0.15) is 18.3 Å². The van der Waals surface area contributed by atoms with Crippen LogP contribution in [0, 0.1) is 0 Å². The minimum Gasteiger partial charge on any atom is -0.460 e. The molecule has 2 saturated heterocycles. The molecule has 0 saturated carbocycles. The van der Waals surface area contributed by atoms with Gasteiger partial charge in [-0.2, -0.15) is 0 Å². The number of hydrogen-bond acceptors (Lipinski definition) is 5. The molecule has 0 spiro atoms. The number of carbonyl (C=O) groups is 1. The van der Waals surface area contributed by atoms with E-state index in [1.807, 2.05) is 13.8 Å². The van der Waals surface area contributed by atoms with Crippen molar-refractivity contribution in [2.24, 2.45) is 0 Å². The van der Waals surface area contributed by atoms with E-state index in [1.54, 1.807) is 0 Å². The maximum Gasteiger partial charge on any atom is 0.302 e. The average molecular weight is 230 g/mol. The second-order valence-corrected chi connectivity index (χ2v) is 4.64. The van der Waals surface area contributed by atoms with Crippen molar-refractivity contribution in [2.45, 2.75) is 51.3 Å². The van der Waals surface area contributed by atoms with Crippen LogP contribution in [0.2, 0.25) is 0 Å². The summed E-state index contributed by atoms with van der Waals surface area (Å²) in [5.41, 5.74) is 0. The maximum absolute atomic E-state index is 11.0. The van der Waals surface area contributed by atoms with Gasteiger partial charge in [-0.15, -0.1) is 0 Å². The highest BCUT2D eigenvalue weighted by Gasteiger charge is 2.45. The Bertz CT molecular complexity index is 276. The van der Waals surface area contributed by atoms with E-state index in [1.165, 1.54) is 6.92 Å². The molecule has 16 heavy (non-hydrogen) atoms. The lowest BCUT2D eigenvalue weighted by molar-refractivity contribution is -0.336. The highest BCUT2D eigenvalue weighted by molar-refractivity contribution is 5.66. The van der Waals surface area contributed by atoms with E-state index in [-0.39, 0.29) is 24.3 Å². The molecule has 0 amide bonds. The lowest BCUT2D eigenvalue weighted by Crippen LogP contribution is -2.58. The molecule has 0 bridgehead atoms. The Kier molecular flexibility index (Phi) is 3.19. The van der Waals surface area contributed by atoms with Crippen LogP contribution in [0.15, 0.2) is 0 Å². The molecule has 0 aromatic carbocycles. The molecule has 2 heterocycles. The van der Waals surface area contributed by atoms with E-state index in [4.69, 9.17) is 18.9 Å². The molecule has 0 unspecified atom stereocenters. The van der Waals surface area contributed by atoms with E-state index < -0.39 is 5.79 Å². The quantitative estimate of drug-likeness (QED) is 0.625. The fourth-order valence-corrected chi connectivity index (χ4v) is 2.11. The van der Waals surface area contributed by atoms with Crippen molar-refractivity contribution >= 4 is 5.97 Å². The van der Waals surface area contributed by atoms with Crippen molar-refractivity contribution in [1.82, 2.24) is 0 Å². The smallest absolute Gasteiger partial charge is 0.302 e. The first kappa shape index (κ1) is 11.8. The Labute approximate surface area is 95.0 Å². The van der Waals surface area contributed by atoms with Crippen LogP contribution in [0.5, 0.6) is 0 Å². The van der Waals surface area contributed by atoms with Gasteiger partial charge in [0.2, 0.25) is 0 Å². The summed E-state index contributed by atoms with van der Waals surface area (Å²) in [5, 5.41) is 0. The summed E-state index contributed by atoms with van der Waals surface area (Å²) in [6, 6.07) is 0. The Balaban J connectivity index is 2.05.